The Hall–Kier alpha value is -2.01. The number of fused-ring (bicyclic) bond motifs is 1. The molecule has 1 aliphatic heterocycles. The van der Waals surface area contributed by atoms with E-state index in [0.717, 1.165) is 37.3 Å². The van der Waals surface area contributed by atoms with Gasteiger partial charge in [-0.3, -0.25) is 4.79 Å². The zero-order valence-corrected chi connectivity index (χ0v) is 10.9. The van der Waals surface area contributed by atoms with Crippen LogP contribution in [0.5, 0.6) is 0 Å². The zero-order valence-electron chi connectivity index (χ0n) is 10.9. The van der Waals surface area contributed by atoms with Gasteiger partial charge in [0.05, 0.1) is 0 Å². The summed E-state index contributed by atoms with van der Waals surface area (Å²) in [7, 11) is 2.13. The first kappa shape index (κ1) is 12.0. The minimum atomic E-state index is -0.530. The zero-order chi connectivity index (χ0) is 13.4. The van der Waals surface area contributed by atoms with E-state index in [1.807, 2.05) is 12.1 Å². The molecule has 2 N–H and O–H groups in total. The molecule has 1 fully saturated rings. The van der Waals surface area contributed by atoms with Gasteiger partial charge in [-0.2, -0.15) is 0 Å². The molecule has 5 nitrogen and oxygen atoms in total. The Kier molecular flexibility index (Phi) is 2.91. The second-order valence-electron chi connectivity index (χ2n) is 4.99. The maximum absolute atomic E-state index is 11.1. The predicted molar refractivity (Wildman–Crippen MR) is 74.4 cm³/mol. The Bertz CT molecular complexity index is 612. The molecule has 0 atom stereocenters. The Morgan fingerprint density at radius 2 is 1.95 bits per heavy atom. The number of hydrogen-bond donors (Lipinski definition) is 1. The number of primary amides is 1. The number of nitrogens with zero attached hydrogens (tertiary/aromatic N) is 2. The van der Waals surface area contributed by atoms with E-state index in [1.54, 1.807) is 6.07 Å². The second kappa shape index (κ2) is 4.59. The first-order chi connectivity index (χ1) is 9.13. The van der Waals surface area contributed by atoms with E-state index in [1.165, 1.54) is 0 Å². The molecule has 0 saturated carbocycles. The second-order valence-corrected chi connectivity index (χ2v) is 4.99. The van der Waals surface area contributed by atoms with Crippen LogP contribution in [0.25, 0.3) is 11.0 Å². The molecule has 1 aliphatic rings. The van der Waals surface area contributed by atoms with Crippen LogP contribution >= 0.6 is 0 Å². The molecule has 19 heavy (non-hydrogen) atoms. The molecule has 1 aromatic heterocycles. The fourth-order valence-electron chi connectivity index (χ4n) is 2.41. The average molecular weight is 259 g/mol. The van der Waals surface area contributed by atoms with E-state index in [9.17, 15) is 4.79 Å². The van der Waals surface area contributed by atoms with Gasteiger partial charge < -0.3 is 20.0 Å². The molecular weight excluding hydrogens is 242 g/mol. The number of likely N-dealkylation sites (N-methyl/N-ethyl adjacent to an activating group) is 1. The van der Waals surface area contributed by atoms with E-state index < -0.39 is 5.91 Å². The Balaban J connectivity index is 1.90. The van der Waals surface area contributed by atoms with Crippen LogP contribution in [0.15, 0.2) is 28.7 Å². The third kappa shape index (κ3) is 2.29. The number of piperazine rings is 1. The minimum Gasteiger partial charge on any atom is -0.451 e. The third-order valence-electron chi connectivity index (χ3n) is 3.61. The summed E-state index contributed by atoms with van der Waals surface area (Å²) in [5, 5.41) is 0.922. The van der Waals surface area contributed by atoms with Gasteiger partial charge in [-0.15, -0.1) is 0 Å². The van der Waals surface area contributed by atoms with Crippen LogP contribution < -0.4 is 10.6 Å². The lowest BCUT2D eigenvalue weighted by Crippen LogP contribution is -2.44. The summed E-state index contributed by atoms with van der Waals surface area (Å²) < 4.78 is 5.39. The summed E-state index contributed by atoms with van der Waals surface area (Å²) in [5.74, 6) is -0.317. The van der Waals surface area contributed by atoms with Gasteiger partial charge in [0.1, 0.15) is 5.58 Å². The van der Waals surface area contributed by atoms with Crippen molar-refractivity contribution in [1.82, 2.24) is 4.90 Å². The van der Waals surface area contributed by atoms with E-state index in [4.69, 9.17) is 10.2 Å². The molecule has 0 bridgehead atoms. The van der Waals surface area contributed by atoms with Crippen molar-refractivity contribution >= 4 is 22.6 Å². The Labute approximate surface area is 111 Å². The molecule has 3 rings (SSSR count). The van der Waals surface area contributed by atoms with Crippen molar-refractivity contribution in [2.75, 3.05) is 38.1 Å². The number of furan rings is 1. The van der Waals surface area contributed by atoms with E-state index in [-0.39, 0.29) is 5.76 Å². The van der Waals surface area contributed by atoms with Crippen molar-refractivity contribution in [3.8, 4) is 0 Å². The molecule has 2 heterocycles. The number of carbonyl (C=O) groups is 1. The highest BCUT2D eigenvalue weighted by atomic mass is 16.3. The molecule has 0 aliphatic carbocycles. The maximum Gasteiger partial charge on any atom is 0.284 e. The summed E-state index contributed by atoms with van der Waals surface area (Å²) in [6, 6.07) is 7.69. The lowest BCUT2D eigenvalue weighted by Gasteiger charge is -2.34. The van der Waals surface area contributed by atoms with Crippen molar-refractivity contribution in [3.05, 3.63) is 30.0 Å². The summed E-state index contributed by atoms with van der Waals surface area (Å²) in [5.41, 5.74) is 7.09. The molecule has 0 spiro atoms. The van der Waals surface area contributed by atoms with Gasteiger partial charge >= 0.3 is 0 Å². The summed E-state index contributed by atoms with van der Waals surface area (Å²) in [6.07, 6.45) is 0. The normalized spacial score (nSPS) is 17.0. The third-order valence-corrected chi connectivity index (χ3v) is 3.61. The highest BCUT2D eigenvalue weighted by molar-refractivity contribution is 5.95. The average Bonchev–Trinajstić information content (AvgIpc) is 2.82. The van der Waals surface area contributed by atoms with Crippen LogP contribution in [0.4, 0.5) is 5.69 Å². The molecule has 100 valence electrons. The van der Waals surface area contributed by atoms with Gasteiger partial charge in [-0.25, -0.2) is 0 Å². The Morgan fingerprint density at radius 3 is 2.63 bits per heavy atom. The maximum atomic E-state index is 11.1. The first-order valence-electron chi connectivity index (χ1n) is 6.40. The van der Waals surface area contributed by atoms with Gasteiger partial charge in [-0.1, -0.05) is 0 Å². The van der Waals surface area contributed by atoms with Crippen LogP contribution in [-0.2, 0) is 0 Å². The minimum absolute atomic E-state index is 0.213. The summed E-state index contributed by atoms with van der Waals surface area (Å²) >= 11 is 0. The summed E-state index contributed by atoms with van der Waals surface area (Å²) in [4.78, 5) is 15.8. The number of hydrogen-bond acceptors (Lipinski definition) is 4. The topological polar surface area (TPSA) is 62.7 Å². The van der Waals surface area contributed by atoms with Crippen LogP contribution in [0, 0.1) is 0 Å². The van der Waals surface area contributed by atoms with Gasteiger partial charge in [-0.05, 0) is 31.3 Å². The quantitative estimate of drug-likeness (QED) is 0.882. The van der Waals surface area contributed by atoms with E-state index >= 15 is 0 Å². The lowest BCUT2D eigenvalue weighted by atomic mass is 10.2. The molecule has 5 heteroatoms. The standard InChI is InChI=1S/C14H17N3O2/c1-16-4-6-17(7-5-16)11-2-3-12-10(8-11)9-13(19-12)14(15)18/h2-3,8-9H,4-7H2,1H3,(H2,15,18). The highest BCUT2D eigenvalue weighted by Crippen LogP contribution is 2.25. The van der Waals surface area contributed by atoms with Crippen molar-refractivity contribution < 1.29 is 9.21 Å². The van der Waals surface area contributed by atoms with Crippen LogP contribution in [-0.4, -0.2) is 44.0 Å². The fourth-order valence-corrected chi connectivity index (χ4v) is 2.41. The molecule has 2 aromatic rings. The molecule has 0 unspecified atom stereocenters. The smallest absolute Gasteiger partial charge is 0.284 e. The van der Waals surface area contributed by atoms with Crippen LogP contribution in [0.3, 0.4) is 0 Å². The van der Waals surface area contributed by atoms with Gasteiger partial charge in [0.15, 0.2) is 5.76 Å². The first-order valence-corrected chi connectivity index (χ1v) is 6.40. The van der Waals surface area contributed by atoms with Crippen molar-refractivity contribution in [2.45, 2.75) is 0 Å². The van der Waals surface area contributed by atoms with Gasteiger partial charge in [0, 0.05) is 37.3 Å². The van der Waals surface area contributed by atoms with Crippen molar-refractivity contribution in [2.24, 2.45) is 5.73 Å². The number of amides is 1. The Morgan fingerprint density at radius 1 is 1.21 bits per heavy atom. The molecule has 0 radical (unpaired) electrons. The van der Waals surface area contributed by atoms with E-state index in [2.05, 4.69) is 22.9 Å². The van der Waals surface area contributed by atoms with E-state index in [0.29, 0.717) is 5.58 Å². The number of anilines is 1. The number of rotatable bonds is 2. The number of carbonyl (C=O) groups excluding carboxylic acids is 1. The van der Waals surface area contributed by atoms with Gasteiger partial charge in [0.25, 0.3) is 5.91 Å². The van der Waals surface area contributed by atoms with Crippen molar-refractivity contribution in [3.63, 3.8) is 0 Å². The molecule has 1 saturated heterocycles. The van der Waals surface area contributed by atoms with Crippen molar-refractivity contribution in [1.29, 1.82) is 0 Å². The number of nitrogens with two attached hydrogens (primary N) is 1. The monoisotopic (exact) mass is 259 g/mol. The summed E-state index contributed by atoms with van der Waals surface area (Å²) in [6.45, 7) is 4.16. The van der Waals surface area contributed by atoms with Crippen LogP contribution in [0.2, 0.25) is 0 Å². The SMILES string of the molecule is CN1CCN(c2ccc3oc(C(N)=O)cc3c2)CC1. The highest BCUT2D eigenvalue weighted by Gasteiger charge is 2.15. The largest absolute Gasteiger partial charge is 0.451 e. The van der Waals surface area contributed by atoms with Gasteiger partial charge in [0.2, 0.25) is 0 Å². The molecular formula is C14H17N3O2. The molecule has 1 amide bonds. The fraction of sp³-hybridized carbons (Fsp3) is 0.357. The van der Waals surface area contributed by atoms with Crippen LogP contribution in [0.1, 0.15) is 10.6 Å². The predicted octanol–water partition coefficient (Wildman–Crippen LogP) is 1.28. The lowest BCUT2D eigenvalue weighted by molar-refractivity contribution is 0.0976. The molecule has 1 aromatic carbocycles. The number of benzene rings is 1.